The van der Waals surface area contributed by atoms with Gasteiger partial charge in [0.2, 0.25) is 0 Å². The first-order chi connectivity index (χ1) is 47.8. The van der Waals surface area contributed by atoms with E-state index in [0.717, 1.165) is 43.9 Å². The Morgan fingerprint density at radius 1 is 0.292 bits per heavy atom. The topological polar surface area (TPSA) is 51.6 Å². The lowest BCUT2D eigenvalue weighted by atomic mass is 9.42. The third-order valence-electron chi connectivity index (χ3n) is 34.8. The normalized spacial score (nSPS) is 26.8. The molecule has 2 fully saturated rings. The molecule has 2 spiro atoms. The molecule has 0 radical (unpaired) electrons. The Morgan fingerprint density at radius 2 is 0.583 bits per heavy atom. The van der Waals surface area contributed by atoms with Crippen molar-refractivity contribution in [2.75, 3.05) is 0 Å². The van der Waals surface area contributed by atoms with E-state index in [0.29, 0.717) is 35.5 Å². The number of fused-ring (bicyclic) bond motifs is 13. The predicted octanol–water partition coefficient (Wildman–Crippen LogP) is 23.5. The van der Waals surface area contributed by atoms with E-state index in [9.17, 15) is 0 Å². The predicted molar refractivity (Wildman–Crippen MR) is 396 cm³/mol. The number of hydrogen-bond acceptors (Lipinski definition) is 4. The standard InChI is InChI=1S/C92H26N4/c1-3-18-87(93-7-1)88-19(4-2-8-94-88)90-89(18)95-25-11-20-21(12-26(25)96-90)23-10-22(20)27-15-5-6-17(28(23)27)24-14-92-85-79-69-59-49-41-33-30-29-31-35-37(33)45-51-43(35)53-47-39(31)40-32(29)36-38-34(30)42(41)50-56-46(38)52-44(36)54-48(40)58-57(47)67-61(53)71-65(51)73(63(69)55(45)49)81(85)77(71)83-75(67)76-68(58)62(54)72-66(52)74-64(56)70(60(50)59)80(79)86(92)82(74)78(72)84(76)91(83,92)13-16(24)9-15/h1-4,7-8,11-12,15,17,22-23,27-28H,5-6,9-10,13-14H2/t15-,17+,22+,23-,27+,28-,91?,92?/m0/s1. The van der Waals surface area contributed by atoms with Gasteiger partial charge in [0.1, 0.15) is 0 Å². The quantitative estimate of drug-likeness (QED) is 0.0863. The van der Waals surface area contributed by atoms with Crippen LogP contribution in [0, 0.1) is 23.7 Å². The Kier molecular flexibility index (Phi) is 3.80. The second kappa shape index (κ2) is 9.50. The van der Waals surface area contributed by atoms with Crippen LogP contribution < -0.4 is 0 Å². The van der Waals surface area contributed by atoms with Crippen molar-refractivity contribution in [1.29, 1.82) is 0 Å². The summed E-state index contributed by atoms with van der Waals surface area (Å²) in [6, 6.07) is 13.6. The summed E-state index contributed by atoms with van der Waals surface area (Å²) in [6.45, 7) is 0. The number of rotatable bonds is 0. The average molecular weight is 1190 g/mol. The van der Waals surface area contributed by atoms with Crippen LogP contribution in [0.5, 0.6) is 0 Å². The lowest BCUT2D eigenvalue weighted by molar-refractivity contribution is 0.115. The maximum absolute atomic E-state index is 5.69. The molecule has 96 heavy (non-hydrogen) atoms. The summed E-state index contributed by atoms with van der Waals surface area (Å²) in [7, 11) is 0. The van der Waals surface area contributed by atoms with Crippen molar-refractivity contribution in [2.45, 2.75) is 61.2 Å². The van der Waals surface area contributed by atoms with E-state index in [-0.39, 0.29) is 10.8 Å². The van der Waals surface area contributed by atoms with Crippen LogP contribution in [0.1, 0.15) is 83.7 Å². The fourth-order valence-corrected chi connectivity index (χ4v) is 34.1. The maximum Gasteiger partial charge on any atom is 0.0996 e. The smallest absolute Gasteiger partial charge is 0.0996 e. The molecule has 4 heteroatoms. The summed E-state index contributed by atoms with van der Waals surface area (Å²) < 4.78 is 0. The van der Waals surface area contributed by atoms with E-state index in [4.69, 9.17) is 19.9 Å². The summed E-state index contributed by atoms with van der Waals surface area (Å²) in [6.07, 6.45) is 11.5. The third-order valence-corrected chi connectivity index (χ3v) is 34.8. The van der Waals surface area contributed by atoms with Crippen LogP contribution in [0.25, 0.3) is 335 Å². The Balaban J connectivity index is 0.726. The van der Waals surface area contributed by atoms with Crippen LogP contribution in [-0.2, 0) is 10.8 Å². The van der Waals surface area contributed by atoms with Crippen LogP contribution in [0.15, 0.2) is 59.9 Å². The minimum absolute atomic E-state index is 0.214. The Morgan fingerprint density at radius 3 is 0.906 bits per heavy atom. The first-order valence-electron chi connectivity index (χ1n) is 36.5. The van der Waals surface area contributed by atoms with Crippen LogP contribution in [0.2, 0.25) is 0 Å². The molecule has 10 aliphatic carbocycles. The zero-order valence-corrected chi connectivity index (χ0v) is 50.1. The molecule has 33 aromatic rings. The van der Waals surface area contributed by atoms with Crippen molar-refractivity contribution in [3.8, 4) is 0 Å². The van der Waals surface area contributed by atoms with Gasteiger partial charge in [-0.2, -0.15) is 0 Å². The molecule has 0 unspecified atom stereocenters. The molecule has 414 valence electrons. The summed E-state index contributed by atoms with van der Waals surface area (Å²) in [5.41, 5.74) is 20.0. The fraction of sp³-hybridized carbons (Fsp3) is 0.152. The van der Waals surface area contributed by atoms with Crippen LogP contribution >= 0.6 is 0 Å². The van der Waals surface area contributed by atoms with Crippen molar-refractivity contribution in [3.05, 3.63) is 93.3 Å². The molecule has 0 aliphatic heterocycles. The van der Waals surface area contributed by atoms with E-state index in [1.165, 1.54) is 38.5 Å². The number of pyridine rings is 2. The van der Waals surface area contributed by atoms with Crippen molar-refractivity contribution in [2.24, 2.45) is 23.7 Å². The Labute approximate surface area is 529 Å². The lowest BCUT2D eigenvalue weighted by Gasteiger charge is -2.58. The van der Waals surface area contributed by atoms with Gasteiger partial charge in [-0.05, 0) is 435 Å². The molecule has 0 saturated heterocycles. The van der Waals surface area contributed by atoms with E-state index >= 15 is 0 Å². The number of nitrogens with zero attached hydrogens (tertiary/aromatic N) is 4. The minimum Gasteiger partial charge on any atom is -0.254 e. The highest BCUT2D eigenvalue weighted by molar-refractivity contribution is 6.82. The Bertz CT molecular complexity index is 9420. The molecule has 30 aromatic carbocycles. The maximum atomic E-state index is 5.69. The molecule has 0 N–H and O–H groups in total. The monoisotopic (exact) mass is 1190 g/mol. The molecular weight excluding hydrogens is 1160 g/mol. The Hall–Kier alpha value is -10.9. The van der Waals surface area contributed by atoms with Crippen LogP contribution in [0.3, 0.4) is 0 Å². The first-order valence-corrected chi connectivity index (χ1v) is 36.5. The summed E-state index contributed by atoms with van der Waals surface area (Å²) >= 11 is 0. The number of hydrogen-bond donors (Lipinski definition) is 0. The zero-order chi connectivity index (χ0) is 57.6. The van der Waals surface area contributed by atoms with Gasteiger partial charge >= 0.3 is 0 Å². The molecule has 6 atom stereocenters. The molecule has 4 bridgehead atoms. The highest BCUT2D eigenvalue weighted by Crippen LogP contribution is 2.87. The van der Waals surface area contributed by atoms with Crippen molar-refractivity contribution in [3.63, 3.8) is 0 Å². The van der Waals surface area contributed by atoms with Gasteiger partial charge in [-0.25, -0.2) is 9.97 Å². The van der Waals surface area contributed by atoms with E-state index in [1.54, 1.807) is 302 Å². The van der Waals surface area contributed by atoms with Crippen LogP contribution in [-0.4, -0.2) is 19.9 Å². The summed E-state index contributed by atoms with van der Waals surface area (Å²) in [4.78, 5) is 21.2. The number of benzene rings is 20. The van der Waals surface area contributed by atoms with Gasteiger partial charge in [-0.15, -0.1) is 0 Å². The van der Waals surface area contributed by atoms with Gasteiger partial charge in [0.25, 0.3) is 0 Å². The first kappa shape index (κ1) is 38.4. The molecule has 4 nitrogen and oxygen atoms in total. The van der Waals surface area contributed by atoms with Gasteiger partial charge < -0.3 is 0 Å². The molecule has 0 amide bonds. The van der Waals surface area contributed by atoms with E-state index < -0.39 is 0 Å². The molecule has 3 aromatic heterocycles. The summed E-state index contributed by atoms with van der Waals surface area (Å²) in [5, 5.41) is 94.2. The minimum atomic E-state index is -0.227. The fourth-order valence-electron chi connectivity index (χ4n) is 34.1. The van der Waals surface area contributed by atoms with Gasteiger partial charge in [-0.1, -0.05) is 11.1 Å². The molecule has 43 rings (SSSR count). The van der Waals surface area contributed by atoms with Gasteiger partial charge in [0.15, 0.2) is 0 Å². The van der Waals surface area contributed by atoms with Gasteiger partial charge in [-0.3, -0.25) is 9.97 Å². The van der Waals surface area contributed by atoms with Crippen molar-refractivity contribution in [1.82, 2.24) is 19.9 Å². The number of aromatic nitrogens is 4. The number of allylic oxidation sites excluding steroid dienone is 2. The molecule has 2 saturated carbocycles. The van der Waals surface area contributed by atoms with Crippen molar-refractivity contribution < 1.29 is 0 Å². The molecular formula is C92H26N4. The second-order valence-corrected chi connectivity index (χ2v) is 35.5. The van der Waals surface area contributed by atoms with Crippen molar-refractivity contribution >= 4 is 335 Å². The molecule has 10 aliphatic rings. The third kappa shape index (κ3) is 2.40. The summed E-state index contributed by atoms with van der Waals surface area (Å²) in [5.74, 6) is 3.72. The van der Waals surface area contributed by atoms with E-state index in [2.05, 4.69) is 36.4 Å². The van der Waals surface area contributed by atoms with Gasteiger partial charge in [0, 0.05) is 34.0 Å². The SMILES string of the molecule is c1cnc2c(c1)c1nc3cc4c(cc3nc1c1cccnc12)[C@@H]1C[C@H]4[C@H]2[C@H]3CC[C@H](C4=C(C3)CC35c6c7c8c9c%10c%11c(c%12c%13c3c3c6c6c%14c7c7c8c8c%10c%10c%15c%11c%11c%12c%12c%13c%13c3c3c6c6c%14c%14c7c7c8c%10c8c%10c%15c%11c%11c%12c%12c%13c3c3c6c6c%14c7c8c7c%10c%11c%12c3c67)C95C4)[C@H]21. The van der Waals surface area contributed by atoms with Crippen LogP contribution in [0.4, 0.5) is 0 Å². The van der Waals surface area contributed by atoms with E-state index in [1.807, 2.05) is 45.8 Å². The highest BCUT2D eigenvalue weighted by atomic mass is 14.8. The average Bonchev–Trinajstić information content (AvgIpc) is 1.38. The second-order valence-electron chi connectivity index (χ2n) is 35.5. The zero-order valence-electron chi connectivity index (χ0n) is 50.1. The largest absolute Gasteiger partial charge is 0.254 e. The highest BCUT2D eigenvalue weighted by Gasteiger charge is 2.73. The molecule has 3 heterocycles. The van der Waals surface area contributed by atoms with Gasteiger partial charge in [0.05, 0.1) is 33.1 Å². The lowest BCUT2D eigenvalue weighted by Crippen LogP contribution is -2.55.